The first-order valence-electron chi connectivity index (χ1n) is 7.98. The summed E-state index contributed by atoms with van der Waals surface area (Å²) < 4.78 is 0. The maximum Gasteiger partial charge on any atom is 0.306 e. The average molecular weight is 312 g/mol. The summed E-state index contributed by atoms with van der Waals surface area (Å²) in [6, 6.07) is 9.78. The van der Waals surface area contributed by atoms with Crippen molar-refractivity contribution in [1.29, 1.82) is 0 Å². The zero-order valence-corrected chi connectivity index (χ0v) is 12.9. The average Bonchev–Trinajstić information content (AvgIpc) is 2.59. The Morgan fingerprint density at radius 1 is 1.17 bits per heavy atom. The molecule has 5 heteroatoms. The smallest absolute Gasteiger partial charge is 0.306 e. The number of pyridine rings is 1. The molecule has 0 radical (unpaired) electrons. The van der Waals surface area contributed by atoms with Gasteiger partial charge in [-0.05, 0) is 30.9 Å². The SMILES string of the molecule is O=C(O)C1CCCC(C(=O)NCc2cccc3cccnc23)C1. The normalized spacial score (nSPS) is 21.0. The van der Waals surface area contributed by atoms with E-state index in [1.165, 1.54) is 0 Å². The second kappa shape index (κ2) is 6.77. The van der Waals surface area contributed by atoms with E-state index in [0.717, 1.165) is 29.3 Å². The third kappa shape index (κ3) is 3.50. The van der Waals surface area contributed by atoms with Crippen LogP contribution in [-0.4, -0.2) is 22.0 Å². The molecule has 1 heterocycles. The molecule has 23 heavy (non-hydrogen) atoms. The molecule has 1 aromatic carbocycles. The molecular formula is C18H20N2O3. The lowest BCUT2D eigenvalue weighted by Gasteiger charge is -2.25. The molecule has 1 aromatic heterocycles. The van der Waals surface area contributed by atoms with Gasteiger partial charge in [0.25, 0.3) is 0 Å². The lowest BCUT2D eigenvalue weighted by molar-refractivity contribution is -0.144. The molecule has 0 bridgehead atoms. The summed E-state index contributed by atoms with van der Waals surface area (Å²) in [6.45, 7) is 0.418. The standard InChI is InChI=1S/C18H20N2O3/c21-17(13-5-2-6-14(10-13)18(22)23)20-11-15-7-1-4-12-8-3-9-19-16(12)15/h1,3-4,7-9,13-14H,2,5-6,10-11H2,(H,20,21)(H,22,23). The molecular weight excluding hydrogens is 292 g/mol. The van der Waals surface area contributed by atoms with Gasteiger partial charge in [-0.2, -0.15) is 0 Å². The fraction of sp³-hybridized carbons (Fsp3) is 0.389. The van der Waals surface area contributed by atoms with Crippen LogP contribution in [0.2, 0.25) is 0 Å². The minimum Gasteiger partial charge on any atom is -0.481 e. The molecule has 1 saturated carbocycles. The summed E-state index contributed by atoms with van der Waals surface area (Å²) in [5, 5.41) is 13.1. The van der Waals surface area contributed by atoms with Crippen molar-refractivity contribution in [3.8, 4) is 0 Å². The minimum absolute atomic E-state index is 0.0520. The third-order valence-corrected chi connectivity index (χ3v) is 4.56. The largest absolute Gasteiger partial charge is 0.481 e. The van der Waals surface area contributed by atoms with Crippen molar-refractivity contribution >= 4 is 22.8 Å². The van der Waals surface area contributed by atoms with E-state index in [4.69, 9.17) is 5.11 Å². The quantitative estimate of drug-likeness (QED) is 0.910. The number of nitrogens with zero attached hydrogens (tertiary/aromatic N) is 1. The summed E-state index contributed by atoms with van der Waals surface area (Å²) in [7, 11) is 0. The lowest BCUT2D eigenvalue weighted by Crippen LogP contribution is -2.35. The van der Waals surface area contributed by atoms with Gasteiger partial charge in [0.05, 0.1) is 11.4 Å². The van der Waals surface area contributed by atoms with Crippen LogP contribution in [0, 0.1) is 11.8 Å². The first-order chi connectivity index (χ1) is 11.1. The topological polar surface area (TPSA) is 79.3 Å². The Kier molecular flexibility index (Phi) is 4.55. The van der Waals surface area contributed by atoms with Gasteiger partial charge in [-0.1, -0.05) is 30.7 Å². The highest BCUT2D eigenvalue weighted by molar-refractivity contribution is 5.83. The van der Waals surface area contributed by atoms with E-state index < -0.39 is 11.9 Å². The van der Waals surface area contributed by atoms with Gasteiger partial charge >= 0.3 is 5.97 Å². The van der Waals surface area contributed by atoms with Crippen molar-refractivity contribution in [3.63, 3.8) is 0 Å². The Morgan fingerprint density at radius 3 is 2.78 bits per heavy atom. The number of nitrogens with one attached hydrogen (secondary N) is 1. The zero-order chi connectivity index (χ0) is 16.2. The minimum atomic E-state index is -0.791. The first-order valence-corrected chi connectivity index (χ1v) is 7.98. The van der Waals surface area contributed by atoms with Crippen molar-refractivity contribution in [2.24, 2.45) is 11.8 Å². The number of carbonyl (C=O) groups is 2. The molecule has 120 valence electrons. The number of amides is 1. The van der Waals surface area contributed by atoms with E-state index in [1.807, 2.05) is 30.3 Å². The fourth-order valence-electron chi connectivity index (χ4n) is 3.29. The van der Waals surface area contributed by atoms with E-state index in [-0.39, 0.29) is 11.8 Å². The highest BCUT2D eigenvalue weighted by Gasteiger charge is 2.30. The van der Waals surface area contributed by atoms with Crippen molar-refractivity contribution < 1.29 is 14.7 Å². The van der Waals surface area contributed by atoms with Crippen molar-refractivity contribution in [2.45, 2.75) is 32.2 Å². The van der Waals surface area contributed by atoms with Gasteiger partial charge in [0, 0.05) is 24.0 Å². The maximum atomic E-state index is 12.4. The number of para-hydroxylation sites is 1. The van der Waals surface area contributed by atoms with E-state index >= 15 is 0 Å². The maximum absolute atomic E-state index is 12.4. The van der Waals surface area contributed by atoms with Crippen LogP contribution in [0.15, 0.2) is 36.5 Å². The molecule has 5 nitrogen and oxygen atoms in total. The molecule has 1 fully saturated rings. The molecule has 1 aliphatic carbocycles. The summed E-state index contributed by atoms with van der Waals surface area (Å²) in [4.78, 5) is 27.8. The molecule has 0 spiro atoms. The van der Waals surface area contributed by atoms with Crippen molar-refractivity contribution in [1.82, 2.24) is 10.3 Å². The zero-order valence-electron chi connectivity index (χ0n) is 12.9. The number of aliphatic carboxylic acids is 1. The Morgan fingerprint density at radius 2 is 1.96 bits per heavy atom. The number of carboxylic acid groups (broad SMARTS) is 1. The van der Waals surface area contributed by atoms with Gasteiger partial charge in [0.2, 0.25) is 5.91 Å². The number of carbonyl (C=O) groups excluding carboxylic acids is 1. The second-order valence-electron chi connectivity index (χ2n) is 6.11. The number of fused-ring (bicyclic) bond motifs is 1. The Balaban J connectivity index is 1.65. The van der Waals surface area contributed by atoms with Crippen LogP contribution < -0.4 is 5.32 Å². The van der Waals surface area contributed by atoms with Crippen molar-refractivity contribution in [3.05, 3.63) is 42.1 Å². The molecule has 3 rings (SSSR count). The van der Waals surface area contributed by atoms with Gasteiger partial charge < -0.3 is 10.4 Å². The van der Waals surface area contributed by atoms with Gasteiger partial charge in [0.15, 0.2) is 0 Å². The van der Waals surface area contributed by atoms with Crippen LogP contribution in [0.3, 0.4) is 0 Å². The molecule has 1 amide bonds. The number of benzene rings is 1. The van der Waals surface area contributed by atoms with Crippen LogP contribution in [0.4, 0.5) is 0 Å². The van der Waals surface area contributed by atoms with Crippen molar-refractivity contribution in [2.75, 3.05) is 0 Å². The summed E-state index contributed by atoms with van der Waals surface area (Å²) in [5.41, 5.74) is 1.87. The predicted octanol–water partition coefficient (Wildman–Crippen LogP) is 2.74. The Hall–Kier alpha value is -2.43. The molecule has 0 saturated heterocycles. The van der Waals surface area contributed by atoms with Gasteiger partial charge in [-0.25, -0.2) is 0 Å². The number of rotatable bonds is 4. The van der Waals surface area contributed by atoms with Crippen LogP contribution in [0.1, 0.15) is 31.2 Å². The van der Waals surface area contributed by atoms with E-state index in [1.54, 1.807) is 6.20 Å². The summed E-state index contributed by atoms with van der Waals surface area (Å²) in [5.74, 6) is -1.43. The van der Waals surface area contributed by atoms with Crippen LogP contribution >= 0.6 is 0 Å². The van der Waals surface area contributed by atoms with E-state index in [0.29, 0.717) is 19.4 Å². The van der Waals surface area contributed by atoms with Crippen LogP contribution in [0.25, 0.3) is 10.9 Å². The van der Waals surface area contributed by atoms with Gasteiger partial charge in [-0.15, -0.1) is 0 Å². The highest BCUT2D eigenvalue weighted by Crippen LogP contribution is 2.29. The molecule has 2 aromatic rings. The summed E-state index contributed by atoms with van der Waals surface area (Å²) in [6.07, 6.45) is 4.42. The van der Waals surface area contributed by atoms with Gasteiger partial charge in [0.1, 0.15) is 0 Å². The van der Waals surface area contributed by atoms with Crippen LogP contribution in [-0.2, 0) is 16.1 Å². The number of aromatic nitrogens is 1. The van der Waals surface area contributed by atoms with E-state index in [9.17, 15) is 9.59 Å². The monoisotopic (exact) mass is 312 g/mol. The molecule has 2 N–H and O–H groups in total. The van der Waals surface area contributed by atoms with E-state index in [2.05, 4.69) is 10.3 Å². The highest BCUT2D eigenvalue weighted by atomic mass is 16.4. The number of carboxylic acids is 1. The summed E-state index contributed by atoms with van der Waals surface area (Å²) >= 11 is 0. The number of hydrogen-bond donors (Lipinski definition) is 2. The van der Waals surface area contributed by atoms with Gasteiger partial charge in [-0.3, -0.25) is 14.6 Å². The lowest BCUT2D eigenvalue weighted by atomic mass is 9.81. The van der Waals surface area contributed by atoms with Crippen LogP contribution in [0.5, 0.6) is 0 Å². The molecule has 1 aliphatic rings. The molecule has 2 atom stereocenters. The second-order valence-corrected chi connectivity index (χ2v) is 6.11. The Labute approximate surface area is 134 Å². The molecule has 2 unspecified atom stereocenters. The Bertz CT molecular complexity index is 724. The third-order valence-electron chi connectivity index (χ3n) is 4.56. The first kappa shape index (κ1) is 15.5. The predicted molar refractivity (Wildman–Crippen MR) is 86.7 cm³/mol. The fourth-order valence-corrected chi connectivity index (χ4v) is 3.29. The molecule has 0 aliphatic heterocycles. The number of hydrogen-bond acceptors (Lipinski definition) is 3.